The number of H-pyrrole nitrogens is 1. The van der Waals surface area contributed by atoms with E-state index < -0.39 is 5.41 Å². The molecule has 3 nitrogen and oxygen atoms in total. The van der Waals surface area contributed by atoms with E-state index in [1.165, 1.54) is 19.1 Å². The number of nitrogens with one attached hydrogen (secondary N) is 2. The van der Waals surface area contributed by atoms with E-state index in [2.05, 4.69) is 4.98 Å². The second-order valence-electron chi connectivity index (χ2n) is 6.23. The van der Waals surface area contributed by atoms with Gasteiger partial charge in [-0.3, -0.25) is 4.79 Å². The molecule has 3 rings (SSSR count). The third kappa shape index (κ3) is 2.40. The van der Waals surface area contributed by atoms with Crippen molar-refractivity contribution < 1.29 is 4.79 Å². The summed E-state index contributed by atoms with van der Waals surface area (Å²) in [6.45, 7) is 2.01. The number of Topliss-reactive ketones (excluding diaryl/α,β-unsaturated/α-hetero) is 1. The molecule has 1 aromatic heterocycles. The van der Waals surface area contributed by atoms with E-state index in [9.17, 15) is 4.79 Å². The van der Waals surface area contributed by atoms with E-state index in [1.54, 1.807) is 0 Å². The molecule has 0 amide bonds. The Balaban J connectivity index is 1.92. The number of benzene rings is 1. The number of hydrogen-bond donors (Lipinski definition) is 2. The van der Waals surface area contributed by atoms with Gasteiger partial charge in [-0.05, 0) is 49.2 Å². The molecule has 1 aliphatic rings. The Morgan fingerprint density at radius 3 is 2.95 bits per heavy atom. The zero-order chi connectivity index (χ0) is 14.2. The normalized spacial score (nSPS) is 17.9. The Labute approximate surface area is 118 Å². The van der Waals surface area contributed by atoms with Crippen molar-refractivity contribution in [3.63, 3.8) is 0 Å². The number of hydrogen-bond acceptors (Lipinski definition) is 2. The van der Waals surface area contributed by atoms with E-state index >= 15 is 0 Å². The van der Waals surface area contributed by atoms with Crippen LogP contribution in [0.2, 0.25) is 0 Å². The predicted molar refractivity (Wildman–Crippen MR) is 81.5 cm³/mol. The maximum Gasteiger partial charge on any atom is 0.169 e. The molecule has 1 fully saturated rings. The summed E-state index contributed by atoms with van der Waals surface area (Å²) >= 11 is 0. The number of carbonyl (C=O) groups is 1. The summed E-state index contributed by atoms with van der Waals surface area (Å²) in [7, 11) is 0. The van der Waals surface area contributed by atoms with Gasteiger partial charge in [0.1, 0.15) is 0 Å². The molecule has 1 aromatic carbocycles. The van der Waals surface area contributed by atoms with Crippen LogP contribution in [-0.4, -0.2) is 17.0 Å². The van der Waals surface area contributed by atoms with Crippen LogP contribution in [0.25, 0.3) is 10.9 Å². The Kier molecular flexibility index (Phi) is 3.20. The Morgan fingerprint density at radius 1 is 1.45 bits per heavy atom. The molecule has 1 aliphatic carbocycles. The molecule has 104 valence electrons. The summed E-state index contributed by atoms with van der Waals surface area (Å²) in [5, 5.41) is 8.47. The van der Waals surface area contributed by atoms with E-state index in [-0.39, 0.29) is 5.78 Å². The molecule has 3 heteroatoms. The average molecular weight is 268 g/mol. The minimum atomic E-state index is -0.424. The molecule has 0 spiro atoms. The van der Waals surface area contributed by atoms with Gasteiger partial charge in [-0.15, -0.1) is 0 Å². The largest absolute Gasteiger partial charge is 0.361 e. The predicted octanol–water partition coefficient (Wildman–Crippen LogP) is 4.20. The maximum absolute atomic E-state index is 12.9. The van der Waals surface area contributed by atoms with Crippen molar-refractivity contribution in [2.24, 2.45) is 11.3 Å². The second kappa shape index (κ2) is 4.89. The Morgan fingerprint density at radius 2 is 2.25 bits per heavy atom. The van der Waals surface area contributed by atoms with Crippen LogP contribution in [0, 0.1) is 16.7 Å². The summed E-state index contributed by atoms with van der Waals surface area (Å²) in [5.74, 6) is 0.857. The summed E-state index contributed by atoms with van der Waals surface area (Å²) in [5.41, 5.74) is 1.40. The zero-order valence-electron chi connectivity index (χ0n) is 11.8. The lowest BCUT2D eigenvalue weighted by Crippen LogP contribution is -2.29. The van der Waals surface area contributed by atoms with Crippen LogP contribution in [0.4, 0.5) is 0 Å². The molecule has 1 heterocycles. The zero-order valence-corrected chi connectivity index (χ0v) is 11.8. The van der Waals surface area contributed by atoms with Crippen molar-refractivity contribution in [2.45, 2.75) is 32.6 Å². The smallest absolute Gasteiger partial charge is 0.169 e. The highest BCUT2D eigenvalue weighted by Crippen LogP contribution is 2.43. The Hall–Kier alpha value is -1.90. The van der Waals surface area contributed by atoms with Crippen LogP contribution in [0.3, 0.4) is 0 Å². The lowest BCUT2D eigenvalue weighted by molar-refractivity contribution is 0.0803. The van der Waals surface area contributed by atoms with Crippen molar-refractivity contribution in [3.8, 4) is 0 Å². The molecule has 0 radical (unpaired) electrons. The number of aromatic amines is 1. The Bertz CT molecular complexity index is 654. The molecule has 0 bridgehead atoms. The molecular formula is C17H20N2O. The molecule has 0 aliphatic heterocycles. The van der Waals surface area contributed by atoms with Crippen molar-refractivity contribution >= 4 is 22.9 Å². The lowest BCUT2D eigenvalue weighted by atomic mass is 9.75. The van der Waals surface area contributed by atoms with Gasteiger partial charge in [0.15, 0.2) is 5.78 Å². The molecular weight excluding hydrogens is 248 g/mol. The van der Waals surface area contributed by atoms with E-state index in [0.29, 0.717) is 12.3 Å². The molecule has 20 heavy (non-hydrogen) atoms. The first-order valence-electron chi connectivity index (χ1n) is 7.23. The van der Waals surface area contributed by atoms with Crippen LogP contribution >= 0.6 is 0 Å². The van der Waals surface area contributed by atoms with Crippen LogP contribution in [0.15, 0.2) is 30.5 Å². The van der Waals surface area contributed by atoms with E-state index in [4.69, 9.17) is 5.41 Å². The van der Waals surface area contributed by atoms with Crippen molar-refractivity contribution in [3.05, 3.63) is 36.0 Å². The summed E-state index contributed by atoms with van der Waals surface area (Å²) in [6.07, 6.45) is 7.18. The van der Waals surface area contributed by atoms with Gasteiger partial charge in [-0.25, -0.2) is 0 Å². The number of rotatable bonds is 6. The first kappa shape index (κ1) is 13.1. The molecule has 2 N–H and O–H groups in total. The minimum Gasteiger partial charge on any atom is -0.361 e. The van der Waals surface area contributed by atoms with Gasteiger partial charge in [0.25, 0.3) is 0 Å². The molecule has 1 saturated carbocycles. The fraction of sp³-hybridized carbons (Fsp3) is 0.412. The maximum atomic E-state index is 12.9. The monoisotopic (exact) mass is 268 g/mol. The standard InChI is InChI=1S/C17H20N2O/c1-17(7-8-18,11-12-2-3-12)16(20)14-4-5-15-13(10-14)6-9-19-15/h4-6,8-10,12,18-19H,2-3,7,11H2,1H3. The summed E-state index contributed by atoms with van der Waals surface area (Å²) < 4.78 is 0. The SMILES string of the molecule is CC(CC=N)(CC1CC1)C(=O)c1ccc2[nH]ccc2c1. The van der Waals surface area contributed by atoms with Gasteiger partial charge in [0.05, 0.1) is 0 Å². The number of fused-ring (bicyclic) bond motifs is 1. The molecule has 2 aromatic rings. The minimum absolute atomic E-state index is 0.177. The van der Waals surface area contributed by atoms with Crippen molar-refractivity contribution in [1.29, 1.82) is 5.41 Å². The highest BCUT2D eigenvalue weighted by Gasteiger charge is 2.38. The van der Waals surface area contributed by atoms with Crippen LogP contribution in [-0.2, 0) is 0 Å². The first-order chi connectivity index (χ1) is 9.62. The van der Waals surface area contributed by atoms with E-state index in [1.807, 2.05) is 37.4 Å². The topological polar surface area (TPSA) is 56.7 Å². The lowest BCUT2D eigenvalue weighted by Gasteiger charge is -2.26. The van der Waals surface area contributed by atoms with Gasteiger partial charge in [0.2, 0.25) is 0 Å². The number of aromatic nitrogens is 1. The van der Waals surface area contributed by atoms with Gasteiger partial charge < -0.3 is 10.4 Å². The average Bonchev–Trinajstić information content (AvgIpc) is 3.11. The van der Waals surface area contributed by atoms with Crippen molar-refractivity contribution in [1.82, 2.24) is 4.98 Å². The molecule has 0 saturated heterocycles. The highest BCUT2D eigenvalue weighted by atomic mass is 16.1. The summed E-state index contributed by atoms with van der Waals surface area (Å²) in [4.78, 5) is 16.0. The second-order valence-corrected chi connectivity index (χ2v) is 6.23. The fourth-order valence-electron chi connectivity index (χ4n) is 3.00. The van der Waals surface area contributed by atoms with Gasteiger partial charge in [-0.2, -0.15) is 0 Å². The first-order valence-corrected chi connectivity index (χ1v) is 7.23. The van der Waals surface area contributed by atoms with Gasteiger partial charge in [-0.1, -0.05) is 19.8 Å². The van der Waals surface area contributed by atoms with Gasteiger partial charge >= 0.3 is 0 Å². The third-order valence-corrected chi connectivity index (χ3v) is 4.35. The van der Waals surface area contributed by atoms with Crippen LogP contribution in [0.5, 0.6) is 0 Å². The van der Waals surface area contributed by atoms with Gasteiger partial charge in [0, 0.05) is 28.1 Å². The fourth-order valence-corrected chi connectivity index (χ4v) is 3.00. The molecule has 1 unspecified atom stereocenters. The third-order valence-electron chi connectivity index (χ3n) is 4.35. The number of carbonyl (C=O) groups excluding carboxylic acids is 1. The number of ketones is 1. The van der Waals surface area contributed by atoms with Crippen LogP contribution < -0.4 is 0 Å². The summed E-state index contributed by atoms with van der Waals surface area (Å²) in [6, 6.07) is 7.81. The quantitative estimate of drug-likeness (QED) is 0.598. The van der Waals surface area contributed by atoms with Crippen molar-refractivity contribution in [2.75, 3.05) is 0 Å². The molecule has 1 atom stereocenters. The van der Waals surface area contributed by atoms with Crippen LogP contribution in [0.1, 0.15) is 43.0 Å². The highest BCUT2D eigenvalue weighted by molar-refractivity contribution is 6.03. The van der Waals surface area contributed by atoms with E-state index in [0.717, 1.165) is 22.9 Å².